The van der Waals surface area contributed by atoms with Crippen LogP contribution < -0.4 is 15.0 Å². The molecule has 1 aliphatic rings. The van der Waals surface area contributed by atoms with Crippen molar-refractivity contribution in [1.82, 2.24) is 5.32 Å². The summed E-state index contributed by atoms with van der Waals surface area (Å²) in [6, 6.07) is 16.1. The van der Waals surface area contributed by atoms with E-state index in [1.165, 1.54) is 6.08 Å². The molecule has 1 saturated heterocycles. The third-order valence-corrected chi connectivity index (χ3v) is 6.42. The van der Waals surface area contributed by atoms with Crippen molar-refractivity contribution in [1.29, 1.82) is 0 Å². The quantitative estimate of drug-likeness (QED) is 0.342. The van der Waals surface area contributed by atoms with Crippen LogP contribution in [0, 0.1) is 13.8 Å². The Bertz CT molecular complexity index is 1390. The molecule has 0 aromatic heterocycles. The van der Waals surface area contributed by atoms with Gasteiger partial charge in [0.05, 0.1) is 12.8 Å². The first-order valence-electron chi connectivity index (χ1n) is 11.6. The van der Waals surface area contributed by atoms with E-state index in [2.05, 4.69) is 23.5 Å². The smallest absolute Gasteiger partial charge is 0.335 e. The number of nitrogens with one attached hydrogen (secondary N) is 1. The predicted molar refractivity (Wildman–Crippen MR) is 142 cm³/mol. The Labute approximate surface area is 215 Å². The third-order valence-electron chi connectivity index (χ3n) is 6.09. The molecular weight excluding hydrogens is 476 g/mol. The van der Waals surface area contributed by atoms with Gasteiger partial charge in [0.1, 0.15) is 11.3 Å². The lowest BCUT2D eigenvalue weighted by atomic mass is 9.98. The number of ether oxygens (including phenoxy) is 1. The number of carbonyl (C=O) groups excluding carboxylic acids is 3. The van der Waals surface area contributed by atoms with Crippen LogP contribution in [-0.4, -0.2) is 25.0 Å². The van der Waals surface area contributed by atoms with Crippen molar-refractivity contribution in [3.05, 3.63) is 98.6 Å². The van der Waals surface area contributed by atoms with E-state index in [1.807, 2.05) is 32.9 Å². The summed E-state index contributed by atoms with van der Waals surface area (Å²) in [6.45, 7) is 6.02. The monoisotopic (exact) mass is 502 g/mol. The first-order chi connectivity index (χ1) is 17.2. The number of anilines is 1. The molecule has 1 aliphatic heterocycles. The highest BCUT2D eigenvalue weighted by atomic mass is 35.5. The van der Waals surface area contributed by atoms with Crippen LogP contribution in [0.4, 0.5) is 10.5 Å². The summed E-state index contributed by atoms with van der Waals surface area (Å²) in [7, 11) is 1.55. The second-order valence-corrected chi connectivity index (χ2v) is 9.20. The van der Waals surface area contributed by atoms with Gasteiger partial charge in [-0.1, -0.05) is 66.0 Å². The standard InChI is InChI=1S/C29H27ClN2O4/c1-5-21-8-6-7-9-25(21)32-28(34)23(27(33)31-29(32)35)14-20-15-24(30)22(26(16-20)36-4)13-19-11-17(2)10-18(3)12-19/h6-12,14-16H,5,13H2,1-4H3,(H,31,33,35)/b23-14-. The van der Waals surface area contributed by atoms with Crippen LogP contribution in [0.1, 0.15) is 40.3 Å². The summed E-state index contributed by atoms with van der Waals surface area (Å²) in [5, 5.41) is 2.72. The highest BCUT2D eigenvalue weighted by Gasteiger charge is 2.37. The van der Waals surface area contributed by atoms with E-state index >= 15 is 0 Å². The lowest BCUT2D eigenvalue weighted by Crippen LogP contribution is -2.54. The van der Waals surface area contributed by atoms with Gasteiger partial charge >= 0.3 is 6.03 Å². The molecule has 0 spiro atoms. The fourth-order valence-electron chi connectivity index (χ4n) is 4.51. The van der Waals surface area contributed by atoms with E-state index in [0.29, 0.717) is 34.9 Å². The van der Waals surface area contributed by atoms with Gasteiger partial charge < -0.3 is 4.74 Å². The first kappa shape index (κ1) is 25.2. The minimum atomic E-state index is -0.776. The summed E-state index contributed by atoms with van der Waals surface area (Å²) < 4.78 is 5.62. The fourth-order valence-corrected chi connectivity index (χ4v) is 4.80. The average molecular weight is 503 g/mol. The lowest BCUT2D eigenvalue weighted by Gasteiger charge is -2.28. The Kier molecular flexibility index (Phi) is 7.27. The predicted octanol–water partition coefficient (Wildman–Crippen LogP) is 5.79. The molecule has 0 saturated carbocycles. The lowest BCUT2D eigenvalue weighted by molar-refractivity contribution is -0.122. The Morgan fingerprint density at radius 1 is 1.00 bits per heavy atom. The van der Waals surface area contributed by atoms with E-state index in [9.17, 15) is 14.4 Å². The van der Waals surface area contributed by atoms with Crippen LogP contribution in [-0.2, 0) is 22.4 Å². The second kappa shape index (κ2) is 10.4. The van der Waals surface area contributed by atoms with Gasteiger partial charge in [0.15, 0.2) is 0 Å². The number of urea groups is 1. The molecule has 1 fully saturated rings. The normalized spacial score (nSPS) is 14.9. The molecule has 4 rings (SSSR count). The number of aryl methyl sites for hydroxylation is 3. The zero-order chi connectivity index (χ0) is 26.0. The Balaban J connectivity index is 1.72. The topological polar surface area (TPSA) is 75.7 Å². The largest absolute Gasteiger partial charge is 0.496 e. The molecule has 0 radical (unpaired) electrons. The van der Waals surface area contributed by atoms with Gasteiger partial charge in [-0.3, -0.25) is 14.9 Å². The molecule has 1 N–H and O–H groups in total. The maximum atomic E-state index is 13.3. The molecular formula is C29H27ClN2O4. The number of benzene rings is 3. The highest BCUT2D eigenvalue weighted by molar-refractivity contribution is 6.39. The number of rotatable bonds is 6. The van der Waals surface area contributed by atoms with Crippen molar-refractivity contribution < 1.29 is 19.1 Å². The molecule has 36 heavy (non-hydrogen) atoms. The summed E-state index contributed by atoms with van der Waals surface area (Å²) in [5.74, 6) is -0.912. The average Bonchev–Trinajstić information content (AvgIpc) is 2.82. The summed E-state index contributed by atoms with van der Waals surface area (Å²) in [5.41, 5.74) is 5.83. The summed E-state index contributed by atoms with van der Waals surface area (Å²) >= 11 is 6.66. The van der Waals surface area contributed by atoms with Gasteiger partial charge in [0.25, 0.3) is 11.8 Å². The molecule has 6 nitrogen and oxygen atoms in total. The SMILES string of the molecule is CCc1ccccc1N1C(=O)NC(=O)/C(=C/c2cc(Cl)c(Cc3cc(C)cc(C)c3)c(OC)c2)C1=O. The fraction of sp³-hybridized carbons (Fsp3) is 0.207. The maximum absolute atomic E-state index is 13.3. The molecule has 0 atom stereocenters. The van der Waals surface area contributed by atoms with Crippen LogP contribution in [0.2, 0.25) is 5.02 Å². The number of amides is 4. The van der Waals surface area contributed by atoms with Crippen molar-refractivity contribution in [3.63, 3.8) is 0 Å². The number of halogens is 1. The number of carbonyl (C=O) groups is 3. The van der Waals surface area contributed by atoms with Gasteiger partial charge in [-0.25, -0.2) is 9.69 Å². The number of barbiturate groups is 1. The maximum Gasteiger partial charge on any atom is 0.335 e. The number of methoxy groups -OCH3 is 1. The van der Waals surface area contributed by atoms with E-state index in [-0.39, 0.29) is 5.57 Å². The third kappa shape index (κ3) is 5.04. The zero-order valence-electron chi connectivity index (χ0n) is 20.6. The molecule has 0 aliphatic carbocycles. The number of para-hydroxylation sites is 1. The number of hydrogen-bond acceptors (Lipinski definition) is 4. The van der Waals surface area contributed by atoms with Crippen LogP contribution in [0.5, 0.6) is 5.75 Å². The minimum absolute atomic E-state index is 0.166. The van der Waals surface area contributed by atoms with Crippen molar-refractivity contribution in [2.75, 3.05) is 12.0 Å². The highest BCUT2D eigenvalue weighted by Crippen LogP contribution is 2.33. The molecule has 7 heteroatoms. The molecule has 0 unspecified atom stereocenters. The molecule has 3 aromatic rings. The molecule has 3 aromatic carbocycles. The van der Waals surface area contributed by atoms with Gasteiger partial charge in [-0.15, -0.1) is 0 Å². The van der Waals surface area contributed by atoms with Crippen LogP contribution in [0.25, 0.3) is 6.08 Å². The van der Waals surface area contributed by atoms with E-state index in [0.717, 1.165) is 32.7 Å². The van der Waals surface area contributed by atoms with Crippen LogP contribution in [0.3, 0.4) is 0 Å². The van der Waals surface area contributed by atoms with E-state index in [1.54, 1.807) is 31.4 Å². The second-order valence-electron chi connectivity index (χ2n) is 8.80. The van der Waals surface area contributed by atoms with Crippen LogP contribution >= 0.6 is 11.6 Å². The van der Waals surface area contributed by atoms with Gasteiger partial charge in [-0.05, 0) is 61.2 Å². The molecule has 0 bridgehead atoms. The van der Waals surface area contributed by atoms with Crippen molar-refractivity contribution >= 4 is 41.2 Å². The van der Waals surface area contributed by atoms with E-state index < -0.39 is 17.8 Å². The van der Waals surface area contributed by atoms with Gasteiger partial charge in [-0.2, -0.15) is 0 Å². The van der Waals surface area contributed by atoms with Crippen molar-refractivity contribution in [2.24, 2.45) is 0 Å². The Hall–Kier alpha value is -3.90. The molecule has 184 valence electrons. The molecule has 1 heterocycles. The van der Waals surface area contributed by atoms with Crippen molar-refractivity contribution in [3.8, 4) is 5.75 Å². The zero-order valence-corrected chi connectivity index (χ0v) is 21.4. The minimum Gasteiger partial charge on any atom is -0.496 e. The Morgan fingerprint density at radius 3 is 2.36 bits per heavy atom. The first-order valence-corrected chi connectivity index (χ1v) is 12.0. The van der Waals surface area contributed by atoms with Crippen LogP contribution in [0.15, 0.2) is 60.2 Å². The number of hydrogen-bond donors (Lipinski definition) is 1. The summed E-state index contributed by atoms with van der Waals surface area (Å²) in [4.78, 5) is 39.6. The summed E-state index contributed by atoms with van der Waals surface area (Å²) in [6.07, 6.45) is 2.62. The number of imide groups is 2. The Morgan fingerprint density at radius 2 is 1.69 bits per heavy atom. The number of nitrogens with zero attached hydrogens (tertiary/aromatic N) is 1. The van der Waals surface area contributed by atoms with Gasteiger partial charge in [0, 0.05) is 17.0 Å². The molecule has 4 amide bonds. The van der Waals surface area contributed by atoms with E-state index in [4.69, 9.17) is 16.3 Å². The van der Waals surface area contributed by atoms with Gasteiger partial charge in [0.2, 0.25) is 0 Å². The van der Waals surface area contributed by atoms with Crippen molar-refractivity contribution in [2.45, 2.75) is 33.6 Å².